The Balaban J connectivity index is 2.13. The minimum atomic E-state index is 0.220. The van der Waals surface area contributed by atoms with Crippen molar-refractivity contribution >= 4 is 34.7 Å². The number of hydrogen-bond donors (Lipinski definition) is 1. The van der Waals surface area contributed by atoms with Crippen LogP contribution in [0.2, 0.25) is 10.0 Å². The van der Waals surface area contributed by atoms with Crippen LogP contribution in [0.3, 0.4) is 0 Å². The van der Waals surface area contributed by atoms with E-state index in [1.165, 1.54) is 0 Å². The fraction of sp³-hybridized carbons (Fsp3) is 0.409. The van der Waals surface area contributed by atoms with Gasteiger partial charge in [0, 0.05) is 27.3 Å². The van der Waals surface area contributed by atoms with Gasteiger partial charge in [0.1, 0.15) is 5.84 Å². The molecule has 2 aromatic rings. The molecule has 0 radical (unpaired) electrons. The van der Waals surface area contributed by atoms with Crippen molar-refractivity contribution in [3.63, 3.8) is 0 Å². The SMILES string of the molecule is CCN(CC)CCCC(C)N=C(Nc1cccc(Cl)c1)c1ccc(Cl)cc1. The Morgan fingerprint density at radius 1 is 1.04 bits per heavy atom. The molecule has 2 aromatic carbocycles. The third-order valence-electron chi connectivity index (χ3n) is 4.55. The van der Waals surface area contributed by atoms with E-state index in [4.69, 9.17) is 28.2 Å². The molecule has 0 heterocycles. The molecule has 0 aromatic heterocycles. The lowest BCUT2D eigenvalue weighted by Gasteiger charge is -2.19. The fourth-order valence-electron chi connectivity index (χ4n) is 2.92. The lowest BCUT2D eigenvalue weighted by molar-refractivity contribution is 0.294. The second-order valence-electron chi connectivity index (χ2n) is 6.64. The summed E-state index contributed by atoms with van der Waals surface area (Å²) in [6.07, 6.45) is 2.18. The van der Waals surface area contributed by atoms with Gasteiger partial charge in [-0.3, -0.25) is 4.99 Å². The van der Waals surface area contributed by atoms with Crippen molar-refractivity contribution in [1.82, 2.24) is 4.90 Å². The third kappa shape index (κ3) is 7.53. The van der Waals surface area contributed by atoms with Crippen LogP contribution in [-0.4, -0.2) is 36.4 Å². The normalized spacial score (nSPS) is 13.0. The lowest BCUT2D eigenvalue weighted by Crippen LogP contribution is -2.24. The summed E-state index contributed by atoms with van der Waals surface area (Å²) < 4.78 is 0. The molecular formula is C22H29Cl2N3. The number of amidine groups is 1. The van der Waals surface area contributed by atoms with E-state index in [1.807, 2.05) is 48.5 Å². The number of rotatable bonds is 9. The highest BCUT2D eigenvalue weighted by Crippen LogP contribution is 2.18. The maximum absolute atomic E-state index is 6.12. The molecule has 0 saturated heterocycles. The molecule has 0 bridgehead atoms. The van der Waals surface area contributed by atoms with E-state index in [2.05, 4.69) is 31.0 Å². The number of anilines is 1. The highest BCUT2D eigenvalue weighted by molar-refractivity contribution is 6.31. The Morgan fingerprint density at radius 2 is 1.74 bits per heavy atom. The standard InChI is InChI=1S/C22H29Cl2N3/c1-4-27(5-2)15-7-8-17(3)25-22(18-11-13-19(23)14-12-18)26-21-10-6-9-20(24)16-21/h6,9-14,16-17H,4-5,7-8,15H2,1-3H3,(H,25,26). The van der Waals surface area contributed by atoms with Crippen molar-refractivity contribution in [3.8, 4) is 0 Å². The van der Waals surface area contributed by atoms with Crippen LogP contribution >= 0.6 is 23.2 Å². The van der Waals surface area contributed by atoms with Crippen LogP contribution in [-0.2, 0) is 0 Å². The van der Waals surface area contributed by atoms with Gasteiger partial charge in [-0.05, 0) is 81.9 Å². The molecule has 2 rings (SSSR count). The Labute approximate surface area is 173 Å². The zero-order valence-electron chi connectivity index (χ0n) is 16.4. The van der Waals surface area contributed by atoms with E-state index in [1.54, 1.807) is 0 Å². The first kappa shape index (κ1) is 21.7. The lowest BCUT2D eigenvalue weighted by atomic mass is 10.1. The zero-order chi connectivity index (χ0) is 19.6. The Bertz CT molecular complexity index is 725. The highest BCUT2D eigenvalue weighted by Gasteiger charge is 2.09. The Hall–Kier alpha value is -1.55. The van der Waals surface area contributed by atoms with Gasteiger partial charge in [-0.2, -0.15) is 0 Å². The van der Waals surface area contributed by atoms with Gasteiger partial charge in [0.15, 0.2) is 0 Å². The van der Waals surface area contributed by atoms with Crippen molar-refractivity contribution in [2.24, 2.45) is 4.99 Å². The highest BCUT2D eigenvalue weighted by atomic mass is 35.5. The summed E-state index contributed by atoms with van der Waals surface area (Å²) in [5.41, 5.74) is 1.93. The predicted molar refractivity (Wildman–Crippen MR) is 120 cm³/mol. The first-order valence-electron chi connectivity index (χ1n) is 9.60. The van der Waals surface area contributed by atoms with Crippen LogP contribution in [0.4, 0.5) is 5.69 Å². The number of benzene rings is 2. The topological polar surface area (TPSA) is 27.6 Å². The van der Waals surface area contributed by atoms with E-state index in [9.17, 15) is 0 Å². The Kier molecular flexibility index (Phi) is 9.12. The van der Waals surface area contributed by atoms with E-state index in [-0.39, 0.29) is 6.04 Å². The van der Waals surface area contributed by atoms with Crippen molar-refractivity contribution in [1.29, 1.82) is 0 Å². The van der Waals surface area contributed by atoms with Crippen molar-refractivity contribution in [2.45, 2.75) is 39.7 Å². The van der Waals surface area contributed by atoms with Crippen molar-refractivity contribution < 1.29 is 0 Å². The summed E-state index contributed by atoms with van der Waals surface area (Å²) in [6.45, 7) is 9.89. The smallest absolute Gasteiger partial charge is 0.132 e. The molecule has 0 saturated carbocycles. The average Bonchev–Trinajstić information content (AvgIpc) is 2.65. The summed E-state index contributed by atoms with van der Waals surface area (Å²) in [5.74, 6) is 0.837. The minimum absolute atomic E-state index is 0.220. The summed E-state index contributed by atoms with van der Waals surface area (Å²) in [5, 5.41) is 4.83. The molecule has 1 unspecified atom stereocenters. The molecule has 1 N–H and O–H groups in total. The summed E-state index contributed by atoms with van der Waals surface area (Å²) >= 11 is 12.2. The van der Waals surface area contributed by atoms with E-state index >= 15 is 0 Å². The molecule has 0 amide bonds. The monoisotopic (exact) mass is 405 g/mol. The molecule has 0 spiro atoms. The summed E-state index contributed by atoms with van der Waals surface area (Å²) in [4.78, 5) is 7.40. The molecule has 0 aliphatic heterocycles. The molecule has 5 heteroatoms. The van der Waals surface area contributed by atoms with Crippen LogP contribution in [0.25, 0.3) is 0 Å². The van der Waals surface area contributed by atoms with Gasteiger partial charge >= 0.3 is 0 Å². The maximum Gasteiger partial charge on any atom is 0.132 e. The van der Waals surface area contributed by atoms with Crippen LogP contribution in [0.5, 0.6) is 0 Å². The van der Waals surface area contributed by atoms with Gasteiger partial charge in [0.25, 0.3) is 0 Å². The van der Waals surface area contributed by atoms with Gasteiger partial charge in [0.2, 0.25) is 0 Å². The zero-order valence-corrected chi connectivity index (χ0v) is 17.9. The number of halogens is 2. The van der Waals surface area contributed by atoms with Gasteiger partial charge < -0.3 is 10.2 Å². The molecule has 1 atom stereocenters. The second-order valence-corrected chi connectivity index (χ2v) is 7.51. The first-order chi connectivity index (χ1) is 13.0. The van der Waals surface area contributed by atoms with Crippen molar-refractivity contribution in [3.05, 3.63) is 64.1 Å². The quantitative estimate of drug-likeness (QED) is 0.387. The molecule has 0 fully saturated rings. The van der Waals surface area contributed by atoms with Gasteiger partial charge in [-0.15, -0.1) is 0 Å². The fourth-order valence-corrected chi connectivity index (χ4v) is 3.24. The van der Waals surface area contributed by atoms with Gasteiger partial charge in [-0.1, -0.05) is 43.1 Å². The number of nitrogens with zero attached hydrogens (tertiary/aromatic N) is 2. The van der Waals surface area contributed by atoms with Crippen LogP contribution < -0.4 is 5.32 Å². The summed E-state index contributed by atoms with van der Waals surface area (Å²) in [6, 6.07) is 15.6. The van der Waals surface area contributed by atoms with Gasteiger partial charge in [-0.25, -0.2) is 0 Å². The minimum Gasteiger partial charge on any atom is -0.340 e. The molecule has 146 valence electrons. The average molecular weight is 406 g/mol. The molecule has 0 aliphatic carbocycles. The maximum atomic E-state index is 6.12. The van der Waals surface area contributed by atoms with E-state index in [0.29, 0.717) is 10.0 Å². The largest absolute Gasteiger partial charge is 0.340 e. The first-order valence-corrected chi connectivity index (χ1v) is 10.4. The number of nitrogens with one attached hydrogen (secondary N) is 1. The van der Waals surface area contributed by atoms with Crippen molar-refractivity contribution in [2.75, 3.05) is 25.0 Å². The van der Waals surface area contributed by atoms with E-state index < -0.39 is 0 Å². The molecular weight excluding hydrogens is 377 g/mol. The van der Waals surface area contributed by atoms with Crippen LogP contribution in [0, 0.1) is 0 Å². The second kappa shape index (κ2) is 11.3. The van der Waals surface area contributed by atoms with Crippen LogP contribution in [0.1, 0.15) is 39.2 Å². The number of aliphatic imine (C=N–C) groups is 1. The Morgan fingerprint density at radius 3 is 2.37 bits per heavy atom. The molecule has 0 aliphatic rings. The number of hydrogen-bond acceptors (Lipinski definition) is 2. The third-order valence-corrected chi connectivity index (χ3v) is 5.03. The molecule has 3 nitrogen and oxygen atoms in total. The molecule has 27 heavy (non-hydrogen) atoms. The van der Waals surface area contributed by atoms with E-state index in [0.717, 1.165) is 49.6 Å². The van der Waals surface area contributed by atoms with Crippen LogP contribution in [0.15, 0.2) is 53.5 Å². The predicted octanol–water partition coefficient (Wildman–Crippen LogP) is 6.36. The van der Waals surface area contributed by atoms with Gasteiger partial charge in [0.05, 0.1) is 0 Å². The summed E-state index contributed by atoms with van der Waals surface area (Å²) in [7, 11) is 0.